The minimum atomic E-state index is -0.573. The van der Waals surface area contributed by atoms with Crippen molar-refractivity contribution in [2.45, 2.75) is 13.0 Å². The van der Waals surface area contributed by atoms with E-state index >= 15 is 0 Å². The van der Waals surface area contributed by atoms with Gasteiger partial charge in [-0.15, -0.1) is 0 Å². The molecule has 0 unspecified atom stereocenters. The summed E-state index contributed by atoms with van der Waals surface area (Å²) < 4.78 is 10.7. The zero-order valence-corrected chi connectivity index (χ0v) is 14.6. The Hall–Kier alpha value is -2.87. The normalized spacial score (nSPS) is 15.2. The summed E-state index contributed by atoms with van der Waals surface area (Å²) in [5, 5.41) is 7.75. The second-order valence-corrected chi connectivity index (χ2v) is 5.68. The minimum Gasteiger partial charge on any atom is -0.495 e. The van der Waals surface area contributed by atoms with E-state index in [4.69, 9.17) is 26.8 Å². The first-order chi connectivity index (χ1) is 11.8. The Balaban J connectivity index is 1.97. The molecule has 1 aliphatic heterocycles. The molecule has 5 N–H and O–H groups in total. The predicted molar refractivity (Wildman–Crippen MR) is 93.1 cm³/mol. The van der Waals surface area contributed by atoms with Gasteiger partial charge in [-0.3, -0.25) is 4.79 Å². The largest absolute Gasteiger partial charge is 0.495 e. The van der Waals surface area contributed by atoms with Gasteiger partial charge >= 0.3 is 6.03 Å². The van der Waals surface area contributed by atoms with Crippen LogP contribution in [0.3, 0.4) is 0 Å². The summed E-state index contributed by atoms with van der Waals surface area (Å²) in [5.41, 5.74) is 5.94. The zero-order chi connectivity index (χ0) is 18.6. The molecule has 0 aliphatic carbocycles. The number of carbonyl (C=O) groups is 2. The van der Waals surface area contributed by atoms with Gasteiger partial charge in [0.25, 0.3) is 5.91 Å². The van der Waals surface area contributed by atoms with Crippen LogP contribution in [0.2, 0.25) is 5.02 Å². The Bertz CT molecular complexity index is 748. The average Bonchev–Trinajstić information content (AvgIpc) is 2.57. The van der Waals surface area contributed by atoms with Crippen LogP contribution in [0.25, 0.3) is 0 Å². The van der Waals surface area contributed by atoms with Crippen LogP contribution in [-0.2, 0) is 4.79 Å². The molecule has 0 radical (unpaired) electrons. The van der Waals surface area contributed by atoms with Crippen LogP contribution in [0.4, 0.5) is 4.79 Å². The molecule has 1 aromatic carbocycles. The number of nitrogens with two attached hydrogens (primary N) is 1. The Morgan fingerprint density at radius 3 is 2.76 bits per heavy atom. The zero-order valence-electron chi connectivity index (χ0n) is 13.8. The van der Waals surface area contributed by atoms with Crippen LogP contribution in [0.15, 0.2) is 41.9 Å². The smallest absolute Gasteiger partial charge is 0.323 e. The van der Waals surface area contributed by atoms with E-state index in [0.29, 0.717) is 16.5 Å². The minimum absolute atomic E-state index is 0.0555. The van der Waals surface area contributed by atoms with Crippen molar-refractivity contribution < 1.29 is 19.1 Å². The molecule has 9 heteroatoms. The standard InChI is InChI=1S/C16H19ClN4O4/c1-8(7-25-11-6-4-5-10(24-3)12(11)17)19-15(22)14-13(18)9(2)20-16(23)21-14/h4-6,8H,2,7,18H2,1,3H3,(H,19,22)(H2,20,21,23)/t8-/m1/s1. The molecule has 25 heavy (non-hydrogen) atoms. The van der Waals surface area contributed by atoms with E-state index in [2.05, 4.69) is 22.5 Å². The lowest BCUT2D eigenvalue weighted by molar-refractivity contribution is -0.118. The van der Waals surface area contributed by atoms with E-state index in [-0.39, 0.29) is 29.7 Å². The van der Waals surface area contributed by atoms with E-state index in [1.54, 1.807) is 25.1 Å². The lowest BCUT2D eigenvalue weighted by Crippen LogP contribution is -2.49. The highest BCUT2D eigenvalue weighted by molar-refractivity contribution is 6.33. The number of urea groups is 1. The van der Waals surface area contributed by atoms with Gasteiger partial charge in [0.15, 0.2) is 0 Å². The third-order valence-corrected chi connectivity index (χ3v) is 3.71. The Morgan fingerprint density at radius 2 is 2.08 bits per heavy atom. The molecule has 8 nitrogen and oxygen atoms in total. The summed E-state index contributed by atoms with van der Waals surface area (Å²) >= 11 is 6.15. The van der Waals surface area contributed by atoms with Gasteiger partial charge < -0.3 is 31.2 Å². The highest BCUT2D eigenvalue weighted by Gasteiger charge is 2.24. The van der Waals surface area contributed by atoms with Gasteiger partial charge in [-0.05, 0) is 19.1 Å². The molecule has 0 bridgehead atoms. The summed E-state index contributed by atoms with van der Waals surface area (Å²) in [6.07, 6.45) is 0. The molecular formula is C16H19ClN4O4. The van der Waals surface area contributed by atoms with Crippen LogP contribution in [0, 0.1) is 0 Å². The second kappa shape index (κ2) is 7.80. The van der Waals surface area contributed by atoms with Crippen LogP contribution in [0.5, 0.6) is 11.5 Å². The fourth-order valence-electron chi connectivity index (χ4n) is 2.06. The Kier molecular flexibility index (Phi) is 5.76. The first-order valence-corrected chi connectivity index (χ1v) is 7.74. The van der Waals surface area contributed by atoms with Crippen LogP contribution < -0.4 is 31.2 Å². The molecule has 1 aliphatic rings. The monoisotopic (exact) mass is 366 g/mol. The maximum absolute atomic E-state index is 12.3. The molecule has 0 spiro atoms. The molecular weight excluding hydrogens is 348 g/mol. The SMILES string of the molecule is C=C1NC(=O)NC(C(=O)N[C@H](C)COc2cccc(OC)c2Cl)=C1N. The van der Waals surface area contributed by atoms with Crippen molar-refractivity contribution in [2.75, 3.05) is 13.7 Å². The number of amides is 3. The number of hydrogen-bond donors (Lipinski definition) is 4. The number of benzene rings is 1. The maximum atomic E-state index is 12.3. The van der Waals surface area contributed by atoms with Gasteiger partial charge in [-0.25, -0.2) is 4.79 Å². The number of carbonyl (C=O) groups excluding carboxylic acids is 2. The number of ether oxygens (including phenoxy) is 2. The van der Waals surface area contributed by atoms with E-state index in [9.17, 15) is 9.59 Å². The quantitative estimate of drug-likeness (QED) is 0.604. The Morgan fingerprint density at radius 1 is 1.40 bits per heavy atom. The highest BCUT2D eigenvalue weighted by atomic mass is 35.5. The van der Waals surface area contributed by atoms with Gasteiger partial charge in [0, 0.05) is 0 Å². The number of methoxy groups -OCH3 is 1. The molecule has 0 fully saturated rings. The van der Waals surface area contributed by atoms with E-state index < -0.39 is 11.9 Å². The summed E-state index contributed by atoms with van der Waals surface area (Å²) in [6.45, 7) is 5.46. The molecule has 1 aromatic rings. The maximum Gasteiger partial charge on any atom is 0.323 e. The number of rotatable bonds is 6. The van der Waals surface area contributed by atoms with Gasteiger partial charge in [0.05, 0.1) is 24.5 Å². The third kappa shape index (κ3) is 4.36. The van der Waals surface area contributed by atoms with Crippen LogP contribution in [-0.4, -0.2) is 31.7 Å². The summed E-state index contributed by atoms with van der Waals surface area (Å²) in [7, 11) is 1.51. The van der Waals surface area contributed by atoms with Crippen LogP contribution in [0.1, 0.15) is 6.92 Å². The van der Waals surface area contributed by atoms with Gasteiger partial charge in [-0.2, -0.15) is 0 Å². The van der Waals surface area contributed by atoms with Gasteiger partial charge in [-0.1, -0.05) is 24.2 Å². The number of nitrogens with one attached hydrogen (secondary N) is 3. The van der Waals surface area contributed by atoms with Crippen molar-refractivity contribution in [3.8, 4) is 11.5 Å². The first kappa shape index (κ1) is 18.5. The molecule has 134 valence electrons. The molecule has 1 heterocycles. The molecule has 0 saturated carbocycles. The second-order valence-electron chi connectivity index (χ2n) is 5.30. The molecule has 1 atom stereocenters. The van der Waals surface area contributed by atoms with Gasteiger partial charge in [0.1, 0.15) is 28.8 Å². The fraction of sp³-hybridized carbons (Fsp3) is 0.250. The van der Waals surface area contributed by atoms with Gasteiger partial charge in [0.2, 0.25) is 0 Å². The van der Waals surface area contributed by atoms with E-state index in [1.807, 2.05) is 0 Å². The first-order valence-electron chi connectivity index (χ1n) is 7.36. The van der Waals surface area contributed by atoms with Crippen LogP contribution >= 0.6 is 11.6 Å². The number of halogens is 1. The van der Waals surface area contributed by atoms with Crippen molar-refractivity contribution in [1.82, 2.24) is 16.0 Å². The predicted octanol–water partition coefficient (Wildman–Crippen LogP) is 1.23. The lowest BCUT2D eigenvalue weighted by Gasteiger charge is -2.22. The van der Waals surface area contributed by atoms with Crippen molar-refractivity contribution in [3.05, 3.63) is 46.9 Å². The Labute approximate surface area is 150 Å². The average molecular weight is 367 g/mol. The number of hydrogen-bond acceptors (Lipinski definition) is 5. The van der Waals surface area contributed by atoms with Crippen molar-refractivity contribution >= 4 is 23.5 Å². The highest BCUT2D eigenvalue weighted by Crippen LogP contribution is 2.33. The summed E-state index contributed by atoms with van der Waals surface area (Å²) in [5.74, 6) is 0.385. The van der Waals surface area contributed by atoms with Crippen molar-refractivity contribution in [1.29, 1.82) is 0 Å². The van der Waals surface area contributed by atoms with E-state index in [0.717, 1.165) is 0 Å². The molecule has 0 saturated heterocycles. The molecule has 3 amide bonds. The molecule has 2 rings (SSSR count). The fourth-order valence-corrected chi connectivity index (χ4v) is 2.32. The van der Waals surface area contributed by atoms with E-state index in [1.165, 1.54) is 7.11 Å². The third-order valence-electron chi connectivity index (χ3n) is 3.34. The van der Waals surface area contributed by atoms with Crippen molar-refractivity contribution in [3.63, 3.8) is 0 Å². The lowest BCUT2D eigenvalue weighted by atomic mass is 10.2. The molecule has 0 aromatic heterocycles. The topological polar surface area (TPSA) is 115 Å². The van der Waals surface area contributed by atoms with Crippen molar-refractivity contribution in [2.24, 2.45) is 5.73 Å². The summed E-state index contributed by atoms with van der Waals surface area (Å²) in [4.78, 5) is 23.7. The summed E-state index contributed by atoms with van der Waals surface area (Å²) in [6, 6.07) is 4.19.